The molecule has 1 aromatic carbocycles. The van der Waals surface area contributed by atoms with Crippen LogP contribution in [0.4, 0.5) is 0 Å². The van der Waals surface area contributed by atoms with E-state index in [1.54, 1.807) is 25.1 Å². The summed E-state index contributed by atoms with van der Waals surface area (Å²) in [5.41, 5.74) is 0.701. The fourth-order valence-electron chi connectivity index (χ4n) is 3.59. The predicted molar refractivity (Wildman–Crippen MR) is 96.3 cm³/mol. The fourth-order valence-corrected chi connectivity index (χ4v) is 3.59. The molecule has 2 amide bonds. The van der Waals surface area contributed by atoms with E-state index in [-0.39, 0.29) is 25.7 Å². The van der Waals surface area contributed by atoms with Gasteiger partial charge in [0, 0.05) is 18.9 Å². The minimum Gasteiger partial charge on any atom is -0.465 e. The summed E-state index contributed by atoms with van der Waals surface area (Å²) in [7, 11) is 0. The molecule has 27 heavy (non-hydrogen) atoms. The molecule has 2 unspecified atom stereocenters. The molecule has 0 aliphatic carbocycles. The lowest BCUT2D eigenvalue weighted by atomic mass is 9.79. The van der Waals surface area contributed by atoms with Gasteiger partial charge in [-0.25, -0.2) is 0 Å². The smallest absolute Gasteiger partial charge is 0.319 e. The van der Waals surface area contributed by atoms with Gasteiger partial charge in [0.15, 0.2) is 11.5 Å². The number of rotatable bonds is 7. The SMILES string of the molecule is CCCCCN1C(=O)CC(c2ccc3c(c2)OCO3)C(C(=O)OCC)C1=O. The van der Waals surface area contributed by atoms with Crippen LogP contribution in [-0.2, 0) is 19.1 Å². The van der Waals surface area contributed by atoms with E-state index in [1.807, 2.05) is 0 Å². The molecule has 0 radical (unpaired) electrons. The van der Waals surface area contributed by atoms with Crippen molar-refractivity contribution in [2.45, 2.75) is 45.4 Å². The molecule has 0 aromatic heterocycles. The Morgan fingerprint density at radius 3 is 2.70 bits per heavy atom. The Labute approximate surface area is 158 Å². The van der Waals surface area contributed by atoms with Gasteiger partial charge in [-0.3, -0.25) is 19.3 Å². The largest absolute Gasteiger partial charge is 0.465 e. The first-order valence-corrected chi connectivity index (χ1v) is 9.47. The Kier molecular flexibility index (Phi) is 5.98. The Morgan fingerprint density at radius 1 is 1.19 bits per heavy atom. The molecule has 1 saturated heterocycles. The van der Waals surface area contributed by atoms with Crippen molar-refractivity contribution in [2.24, 2.45) is 5.92 Å². The van der Waals surface area contributed by atoms with Crippen molar-refractivity contribution >= 4 is 17.8 Å². The number of likely N-dealkylation sites (tertiary alicyclic amines) is 1. The summed E-state index contributed by atoms with van der Waals surface area (Å²) >= 11 is 0. The van der Waals surface area contributed by atoms with Crippen LogP contribution < -0.4 is 9.47 Å². The summed E-state index contributed by atoms with van der Waals surface area (Å²) in [4.78, 5) is 39.4. The van der Waals surface area contributed by atoms with E-state index in [0.29, 0.717) is 23.6 Å². The maximum atomic E-state index is 13.0. The zero-order valence-corrected chi connectivity index (χ0v) is 15.7. The molecule has 7 heteroatoms. The lowest BCUT2D eigenvalue weighted by Gasteiger charge is -2.35. The van der Waals surface area contributed by atoms with E-state index in [2.05, 4.69) is 6.92 Å². The first-order valence-electron chi connectivity index (χ1n) is 9.47. The van der Waals surface area contributed by atoms with Crippen LogP contribution in [0.15, 0.2) is 18.2 Å². The van der Waals surface area contributed by atoms with E-state index in [4.69, 9.17) is 14.2 Å². The molecule has 0 bridgehead atoms. The first-order chi connectivity index (χ1) is 13.1. The van der Waals surface area contributed by atoms with Crippen LogP contribution in [0.2, 0.25) is 0 Å². The van der Waals surface area contributed by atoms with Gasteiger partial charge < -0.3 is 14.2 Å². The summed E-state index contributed by atoms with van der Waals surface area (Å²) in [6.45, 7) is 4.41. The summed E-state index contributed by atoms with van der Waals surface area (Å²) in [6.07, 6.45) is 2.73. The molecule has 2 heterocycles. The molecule has 2 aliphatic rings. The number of carbonyl (C=O) groups excluding carboxylic acids is 3. The molecular formula is C20H25NO6. The van der Waals surface area contributed by atoms with E-state index < -0.39 is 23.7 Å². The molecule has 0 spiro atoms. The Hall–Kier alpha value is -2.57. The second kappa shape index (κ2) is 8.41. The number of amides is 2. The summed E-state index contributed by atoms with van der Waals surface area (Å²) in [5, 5.41) is 0. The van der Waals surface area contributed by atoms with Gasteiger partial charge in [0.25, 0.3) is 0 Å². The second-order valence-electron chi connectivity index (χ2n) is 6.74. The van der Waals surface area contributed by atoms with Crippen molar-refractivity contribution < 1.29 is 28.6 Å². The highest BCUT2D eigenvalue weighted by Crippen LogP contribution is 2.40. The number of piperidine rings is 1. The van der Waals surface area contributed by atoms with Crippen molar-refractivity contribution in [2.75, 3.05) is 19.9 Å². The molecule has 7 nitrogen and oxygen atoms in total. The molecule has 1 fully saturated rings. The van der Waals surface area contributed by atoms with Crippen LogP contribution in [0, 0.1) is 5.92 Å². The lowest BCUT2D eigenvalue weighted by molar-refractivity contribution is -0.163. The highest BCUT2D eigenvalue weighted by atomic mass is 16.7. The number of fused-ring (bicyclic) bond motifs is 1. The van der Waals surface area contributed by atoms with Crippen molar-refractivity contribution in [3.05, 3.63) is 23.8 Å². The topological polar surface area (TPSA) is 82.1 Å². The molecule has 0 saturated carbocycles. The summed E-state index contributed by atoms with van der Waals surface area (Å²) in [6, 6.07) is 5.26. The number of carbonyl (C=O) groups is 3. The number of benzene rings is 1. The molecule has 2 atom stereocenters. The van der Waals surface area contributed by atoms with Gasteiger partial charge in [-0.2, -0.15) is 0 Å². The number of esters is 1. The van der Waals surface area contributed by atoms with Crippen molar-refractivity contribution in [1.29, 1.82) is 0 Å². The van der Waals surface area contributed by atoms with Crippen LogP contribution in [0.3, 0.4) is 0 Å². The number of hydrogen-bond donors (Lipinski definition) is 0. The zero-order valence-electron chi connectivity index (χ0n) is 15.7. The number of imide groups is 1. The van der Waals surface area contributed by atoms with E-state index in [9.17, 15) is 14.4 Å². The second-order valence-corrected chi connectivity index (χ2v) is 6.74. The van der Waals surface area contributed by atoms with E-state index in [0.717, 1.165) is 19.3 Å². The van der Waals surface area contributed by atoms with Crippen LogP contribution in [0.5, 0.6) is 11.5 Å². The van der Waals surface area contributed by atoms with Gasteiger partial charge in [-0.1, -0.05) is 25.8 Å². The van der Waals surface area contributed by atoms with Gasteiger partial charge in [0.1, 0.15) is 5.92 Å². The molecule has 0 N–H and O–H groups in total. The predicted octanol–water partition coefficient (Wildman–Crippen LogP) is 2.63. The molecular weight excluding hydrogens is 350 g/mol. The Balaban J connectivity index is 1.88. The normalized spacial score (nSPS) is 21.5. The molecule has 2 aliphatic heterocycles. The van der Waals surface area contributed by atoms with Gasteiger partial charge >= 0.3 is 5.97 Å². The van der Waals surface area contributed by atoms with Crippen molar-refractivity contribution in [3.8, 4) is 11.5 Å². The average molecular weight is 375 g/mol. The van der Waals surface area contributed by atoms with Gasteiger partial charge in [0.2, 0.25) is 18.6 Å². The fraction of sp³-hybridized carbons (Fsp3) is 0.550. The number of hydrogen-bond acceptors (Lipinski definition) is 6. The zero-order chi connectivity index (χ0) is 19.4. The third-order valence-corrected chi connectivity index (χ3v) is 4.98. The number of ether oxygens (including phenoxy) is 3. The first kappa shape index (κ1) is 19.2. The van der Waals surface area contributed by atoms with Gasteiger partial charge in [0.05, 0.1) is 6.61 Å². The highest BCUT2D eigenvalue weighted by molar-refractivity contribution is 6.08. The molecule has 146 valence electrons. The van der Waals surface area contributed by atoms with E-state index >= 15 is 0 Å². The van der Waals surface area contributed by atoms with E-state index in [1.165, 1.54) is 4.90 Å². The monoisotopic (exact) mass is 375 g/mol. The van der Waals surface area contributed by atoms with Gasteiger partial charge in [-0.05, 0) is 31.0 Å². The Bertz CT molecular complexity index is 731. The third kappa shape index (κ3) is 3.91. The minimum atomic E-state index is -1.02. The summed E-state index contributed by atoms with van der Waals surface area (Å²) in [5.74, 6) is -1.73. The van der Waals surface area contributed by atoms with Crippen LogP contribution in [-0.4, -0.2) is 42.6 Å². The van der Waals surface area contributed by atoms with Gasteiger partial charge in [-0.15, -0.1) is 0 Å². The third-order valence-electron chi connectivity index (χ3n) is 4.98. The standard InChI is InChI=1S/C20H25NO6/c1-3-5-6-9-21-17(22)11-14(18(19(21)23)20(24)25-4-2)13-7-8-15-16(10-13)27-12-26-15/h7-8,10,14,18H,3-6,9,11-12H2,1-2H3. The Morgan fingerprint density at radius 2 is 1.96 bits per heavy atom. The van der Waals surface area contributed by atoms with Crippen molar-refractivity contribution in [1.82, 2.24) is 4.90 Å². The lowest BCUT2D eigenvalue weighted by Crippen LogP contribution is -2.51. The maximum Gasteiger partial charge on any atom is 0.319 e. The van der Waals surface area contributed by atoms with Crippen LogP contribution in [0.25, 0.3) is 0 Å². The maximum absolute atomic E-state index is 13.0. The quantitative estimate of drug-likeness (QED) is 0.315. The average Bonchev–Trinajstić information content (AvgIpc) is 3.11. The van der Waals surface area contributed by atoms with Crippen LogP contribution >= 0.6 is 0 Å². The molecule has 3 rings (SSSR count). The summed E-state index contributed by atoms with van der Waals surface area (Å²) < 4.78 is 15.9. The van der Waals surface area contributed by atoms with Crippen LogP contribution in [0.1, 0.15) is 51.0 Å². The molecule has 1 aromatic rings. The highest BCUT2D eigenvalue weighted by Gasteiger charge is 2.46. The number of nitrogens with zero attached hydrogens (tertiary/aromatic N) is 1. The minimum absolute atomic E-state index is 0.0843. The van der Waals surface area contributed by atoms with Crippen molar-refractivity contribution in [3.63, 3.8) is 0 Å². The number of unbranched alkanes of at least 4 members (excludes halogenated alkanes) is 2.